The summed E-state index contributed by atoms with van der Waals surface area (Å²) >= 11 is 11.3. The molecule has 0 unspecified atom stereocenters. The summed E-state index contributed by atoms with van der Waals surface area (Å²) in [5, 5.41) is 1.95. The zero-order valence-corrected chi connectivity index (χ0v) is 30.3. The van der Waals surface area contributed by atoms with Gasteiger partial charge in [-0.1, -0.05) is 176 Å². The van der Waals surface area contributed by atoms with Gasteiger partial charge in [0.15, 0.2) is 0 Å². The molecule has 40 heavy (non-hydrogen) atoms. The Morgan fingerprint density at radius 1 is 0.600 bits per heavy atom. The van der Waals surface area contributed by atoms with Crippen LogP contribution in [-0.2, 0) is 9.53 Å². The minimum Gasteiger partial charge on any atom is -0.465 e. The number of carbonyl (C=O) groups is 1. The van der Waals surface area contributed by atoms with Gasteiger partial charge in [0.2, 0.25) is 0 Å². The number of hydrogen-bond donors (Lipinski definition) is 0. The second kappa shape index (κ2) is 25.2. The number of hydrogen-bond acceptors (Lipinski definition) is 8. The molecule has 0 saturated heterocycles. The van der Waals surface area contributed by atoms with Crippen molar-refractivity contribution in [2.45, 2.75) is 142 Å². The van der Waals surface area contributed by atoms with Gasteiger partial charge in [-0.2, -0.15) is 0 Å². The first-order valence-corrected chi connectivity index (χ1v) is 21.2. The minimum atomic E-state index is -0.222. The molecule has 0 amide bonds. The van der Waals surface area contributed by atoms with Gasteiger partial charge >= 0.3 is 5.97 Å². The summed E-state index contributed by atoms with van der Waals surface area (Å²) in [7, 11) is 1.46. The molecule has 0 aromatic carbocycles. The van der Waals surface area contributed by atoms with Crippen LogP contribution in [0.25, 0.3) is 0 Å². The van der Waals surface area contributed by atoms with Crippen molar-refractivity contribution in [2.24, 2.45) is 0 Å². The van der Waals surface area contributed by atoms with E-state index in [0.717, 1.165) is 0 Å². The molecule has 2 aliphatic rings. The largest absolute Gasteiger partial charge is 0.465 e. The van der Waals surface area contributed by atoms with E-state index in [-0.39, 0.29) is 5.97 Å². The summed E-state index contributed by atoms with van der Waals surface area (Å²) in [4.78, 5) is 12.7. The Hall–Kier alpha value is 0.790. The van der Waals surface area contributed by atoms with E-state index in [1.165, 1.54) is 164 Å². The normalized spacial score (nSPS) is 15.4. The second-order valence-corrected chi connectivity index (χ2v) is 17.8. The van der Waals surface area contributed by atoms with Gasteiger partial charge in [-0.3, -0.25) is 0 Å². The van der Waals surface area contributed by atoms with Crippen LogP contribution in [0.1, 0.15) is 142 Å². The van der Waals surface area contributed by atoms with E-state index < -0.39 is 0 Å². The molecule has 0 atom stereocenters. The lowest BCUT2D eigenvalue weighted by Crippen LogP contribution is -1.99. The van der Waals surface area contributed by atoms with Gasteiger partial charge < -0.3 is 4.74 Å². The van der Waals surface area contributed by atoms with Crippen molar-refractivity contribution in [3.63, 3.8) is 0 Å². The lowest BCUT2D eigenvalue weighted by atomic mass is 10.1. The molecule has 2 aliphatic heterocycles. The van der Waals surface area contributed by atoms with Crippen molar-refractivity contribution in [1.29, 1.82) is 0 Å². The van der Waals surface area contributed by atoms with E-state index >= 15 is 0 Å². The Labute approximate surface area is 272 Å². The summed E-state index contributed by atoms with van der Waals surface area (Å²) in [6, 6.07) is 0. The summed E-state index contributed by atoms with van der Waals surface area (Å²) < 4.78 is 10.5. The van der Waals surface area contributed by atoms with Gasteiger partial charge in [-0.15, -0.1) is 23.5 Å². The maximum absolute atomic E-state index is 12.0. The number of unbranched alkanes of at least 4 members (excludes halogenated alkanes) is 18. The SMILES string of the molecule is CCCCCCCCCCCCSC1=C(SCCCCCCCCCCCC)SC(=C2SC=C(C(=O)OC)S2)S1. The smallest absolute Gasteiger partial charge is 0.345 e. The van der Waals surface area contributed by atoms with E-state index in [4.69, 9.17) is 4.74 Å². The van der Waals surface area contributed by atoms with Crippen LogP contribution in [0.5, 0.6) is 0 Å². The third-order valence-corrected chi connectivity index (χ3v) is 15.6. The van der Waals surface area contributed by atoms with Crippen molar-refractivity contribution in [3.8, 4) is 0 Å². The monoisotopic (exact) mass is 662 g/mol. The molecule has 2 heterocycles. The average molecular weight is 663 g/mol. The molecule has 0 radical (unpaired) electrons. The highest BCUT2D eigenvalue weighted by molar-refractivity contribution is 8.42. The third-order valence-electron chi connectivity index (χ3n) is 7.03. The first-order chi connectivity index (χ1) is 19.7. The lowest BCUT2D eigenvalue weighted by molar-refractivity contribution is -0.135. The fraction of sp³-hybridized carbons (Fsp3) is 0.781. The van der Waals surface area contributed by atoms with Crippen LogP contribution in [0, 0.1) is 0 Å². The summed E-state index contributed by atoms with van der Waals surface area (Å²) in [5.41, 5.74) is 0. The van der Waals surface area contributed by atoms with Crippen LogP contribution in [-0.4, -0.2) is 24.6 Å². The molecule has 0 saturated carbocycles. The highest BCUT2D eigenvalue weighted by Crippen LogP contribution is 2.62. The Morgan fingerprint density at radius 3 is 1.40 bits per heavy atom. The Morgan fingerprint density at radius 2 is 1.00 bits per heavy atom. The molecule has 0 aromatic heterocycles. The molecule has 8 heteroatoms. The zero-order chi connectivity index (χ0) is 28.7. The van der Waals surface area contributed by atoms with E-state index in [1.54, 1.807) is 23.5 Å². The highest BCUT2D eigenvalue weighted by Gasteiger charge is 2.29. The number of rotatable bonds is 25. The Balaban J connectivity index is 1.69. The van der Waals surface area contributed by atoms with Crippen molar-refractivity contribution in [1.82, 2.24) is 0 Å². The predicted molar refractivity (Wildman–Crippen MR) is 193 cm³/mol. The van der Waals surface area contributed by atoms with Gasteiger partial charge in [0.1, 0.15) is 4.91 Å². The fourth-order valence-electron chi connectivity index (χ4n) is 4.58. The topological polar surface area (TPSA) is 26.3 Å². The van der Waals surface area contributed by atoms with Crippen molar-refractivity contribution in [2.75, 3.05) is 18.6 Å². The van der Waals surface area contributed by atoms with Crippen molar-refractivity contribution >= 4 is 76.5 Å². The molecule has 0 bridgehead atoms. The first kappa shape index (κ1) is 37.0. The molecule has 0 N–H and O–H groups in total. The van der Waals surface area contributed by atoms with Gasteiger partial charge in [0.05, 0.1) is 24.1 Å². The third kappa shape index (κ3) is 16.6. The molecular formula is C32H54O2S6. The molecule has 0 fully saturated rings. The molecule has 2 nitrogen and oxygen atoms in total. The molecule has 0 aliphatic carbocycles. The minimum absolute atomic E-state index is 0.222. The van der Waals surface area contributed by atoms with E-state index in [1.807, 2.05) is 28.9 Å². The average Bonchev–Trinajstić information content (AvgIpc) is 3.62. The van der Waals surface area contributed by atoms with Gasteiger partial charge in [0, 0.05) is 0 Å². The number of methoxy groups -OCH3 is 1. The maximum atomic E-state index is 12.0. The molecule has 0 aromatic rings. The van der Waals surface area contributed by atoms with Crippen LogP contribution in [0.15, 0.2) is 27.3 Å². The fourth-order valence-corrected chi connectivity index (χ4v) is 13.0. The maximum Gasteiger partial charge on any atom is 0.345 e. The Kier molecular flexibility index (Phi) is 23.3. The van der Waals surface area contributed by atoms with E-state index in [2.05, 4.69) is 37.4 Å². The number of thioether (sulfide) groups is 6. The van der Waals surface area contributed by atoms with E-state index in [0.29, 0.717) is 4.91 Å². The van der Waals surface area contributed by atoms with Crippen LogP contribution in [0.3, 0.4) is 0 Å². The second-order valence-electron chi connectivity index (χ2n) is 10.6. The van der Waals surface area contributed by atoms with Crippen LogP contribution >= 0.6 is 70.6 Å². The van der Waals surface area contributed by atoms with Gasteiger partial charge in [-0.05, 0) is 29.8 Å². The van der Waals surface area contributed by atoms with Crippen LogP contribution in [0.4, 0.5) is 0 Å². The molecule has 230 valence electrons. The van der Waals surface area contributed by atoms with Crippen molar-refractivity contribution in [3.05, 3.63) is 27.3 Å². The summed E-state index contributed by atoms with van der Waals surface area (Å²) in [5.74, 6) is 2.21. The van der Waals surface area contributed by atoms with Crippen molar-refractivity contribution < 1.29 is 9.53 Å². The Bertz CT molecular complexity index is 752. The standard InChI is InChI=1S/C32H54O2S6/c1-4-6-8-10-12-14-16-18-20-22-24-35-29-30(36-25-23-21-19-17-15-13-11-9-7-5-2)40-32(39-29)31-37-26-27(38-31)28(33)34-3/h26H,4-25H2,1-3H3. The van der Waals surface area contributed by atoms with Gasteiger partial charge in [0.25, 0.3) is 0 Å². The summed E-state index contributed by atoms with van der Waals surface area (Å²) in [6.07, 6.45) is 27.8. The number of carbonyl (C=O) groups excluding carboxylic acids is 1. The van der Waals surface area contributed by atoms with E-state index in [9.17, 15) is 4.79 Å². The number of ether oxygens (including phenoxy) is 1. The van der Waals surface area contributed by atoms with Crippen LogP contribution < -0.4 is 0 Å². The van der Waals surface area contributed by atoms with Crippen LogP contribution in [0.2, 0.25) is 0 Å². The highest BCUT2D eigenvalue weighted by atomic mass is 32.3. The summed E-state index contributed by atoms with van der Waals surface area (Å²) in [6.45, 7) is 4.58. The number of esters is 1. The zero-order valence-electron chi connectivity index (χ0n) is 25.4. The quantitative estimate of drug-likeness (QED) is 0.0704. The lowest BCUT2D eigenvalue weighted by Gasteiger charge is -2.06. The molecule has 0 spiro atoms. The predicted octanol–water partition coefficient (Wildman–Crippen LogP) is 13.5. The molecule has 2 rings (SSSR count). The first-order valence-electron chi connectivity index (χ1n) is 15.9. The molecular weight excluding hydrogens is 609 g/mol. The van der Waals surface area contributed by atoms with Gasteiger partial charge in [-0.25, -0.2) is 4.79 Å².